The zero-order valence-electron chi connectivity index (χ0n) is 11.8. The van der Waals surface area contributed by atoms with Crippen LogP contribution in [0.1, 0.15) is 12.5 Å². The van der Waals surface area contributed by atoms with Crippen molar-refractivity contribution in [3.63, 3.8) is 0 Å². The molecule has 22 heavy (non-hydrogen) atoms. The van der Waals surface area contributed by atoms with Crippen molar-refractivity contribution >= 4 is 45.3 Å². The van der Waals surface area contributed by atoms with E-state index in [-0.39, 0.29) is 5.91 Å². The fourth-order valence-corrected chi connectivity index (χ4v) is 2.04. The highest BCUT2D eigenvalue weighted by Crippen LogP contribution is 2.15. The van der Waals surface area contributed by atoms with E-state index in [4.69, 9.17) is 16.4 Å². The Morgan fingerprint density at radius 3 is 2.73 bits per heavy atom. The SMILES string of the molecule is C[C@H](O/N=C\c1ccc(Br)cc1)C(=O)Nc1cccc(Cl)c1. The normalized spacial score (nSPS) is 12.1. The van der Waals surface area contributed by atoms with Gasteiger partial charge in [-0.25, -0.2) is 0 Å². The van der Waals surface area contributed by atoms with Crippen molar-refractivity contribution in [2.75, 3.05) is 5.32 Å². The quantitative estimate of drug-likeness (QED) is 0.613. The van der Waals surface area contributed by atoms with E-state index in [0.29, 0.717) is 10.7 Å². The second-order valence-corrected chi connectivity index (χ2v) is 5.89. The fraction of sp³-hybridized carbons (Fsp3) is 0.125. The van der Waals surface area contributed by atoms with Gasteiger partial charge in [-0.2, -0.15) is 0 Å². The highest BCUT2D eigenvalue weighted by molar-refractivity contribution is 9.10. The van der Waals surface area contributed by atoms with Crippen molar-refractivity contribution in [3.05, 3.63) is 63.6 Å². The van der Waals surface area contributed by atoms with Crippen molar-refractivity contribution in [1.29, 1.82) is 0 Å². The third-order valence-corrected chi connectivity index (χ3v) is 3.52. The zero-order chi connectivity index (χ0) is 15.9. The topological polar surface area (TPSA) is 50.7 Å². The van der Waals surface area contributed by atoms with Gasteiger partial charge in [0, 0.05) is 15.2 Å². The summed E-state index contributed by atoms with van der Waals surface area (Å²) in [5.41, 5.74) is 1.50. The second kappa shape index (κ2) is 7.96. The fourth-order valence-electron chi connectivity index (χ4n) is 1.59. The Hall–Kier alpha value is -1.85. The lowest BCUT2D eigenvalue weighted by Crippen LogP contribution is -2.26. The molecule has 2 aromatic carbocycles. The monoisotopic (exact) mass is 380 g/mol. The Balaban J connectivity index is 1.87. The molecular formula is C16H14BrClN2O2. The first-order chi connectivity index (χ1) is 10.5. The Labute approximate surface area is 142 Å². The number of benzene rings is 2. The molecule has 1 N–H and O–H groups in total. The summed E-state index contributed by atoms with van der Waals surface area (Å²) in [7, 11) is 0. The van der Waals surface area contributed by atoms with Gasteiger partial charge in [-0.05, 0) is 42.8 Å². The van der Waals surface area contributed by atoms with Gasteiger partial charge in [0.1, 0.15) is 0 Å². The Morgan fingerprint density at radius 1 is 1.32 bits per heavy atom. The average Bonchev–Trinajstić information content (AvgIpc) is 2.49. The Bertz CT molecular complexity index is 674. The molecular weight excluding hydrogens is 368 g/mol. The van der Waals surface area contributed by atoms with Crippen molar-refractivity contribution in [2.45, 2.75) is 13.0 Å². The van der Waals surface area contributed by atoms with Crippen LogP contribution in [0.3, 0.4) is 0 Å². The van der Waals surface area contributed by atoms with Gasteiger partial charge in [-0.3, -0.25) is 4.79 Å². The Kier molecular flexibility index (Phi) is 5.98. The van der Waals surface area contributed by atoms with Crippen molar-refractivity contribution in [3.8, 4) is 0 Å². The Morgan fingerprint density at radius 2 is 2.05 bits per heavy atom. The van der Waals surface area contributed by atoms with E-state index in [1.165, 1.54) is 0 Å². The second-order valence-electron chi connectivity index (χ2n) is 4.53. The van der Waals surface area contributed by atoms with Crippen LogP contribution >= 0.6 is 27.5 Å². The van der Waals surface area contributed by atoms with E-state index >= 15 is 0 Å². The molecule has 0 radical (unpaired) electrons. The van der Waals surface area contributed by atoms with Crippen LogP contribution in [-0.2, 0) is 9.63 Å². The number of nitrogens with zero attached hydrogens (tertiary/aromatic N) is 1. The summed E-state index contributed by atoms with van der Waals surface area (Å²) in [4.78, 5) is 17.1. The smallest absolute Gasteiger partial charge is 0.267 e. The standard InChI is InChI=1S/C16H14BrClN2O2/c1-11(16(21)20-15-4-2-3-14(18)9-15)22-19-10-12-5-7-13(17)8-6-12/h2-11H,1H3,(H,20,21)/b19-10-/t11-/m0/s1. The number of halogens is 2. The van der Waals surface area contributed by atoms with Crippen LogP contribution in [0.25, 0.3) is 0 Å². The van der Waals surface area contributed by atoms with Crippen molar-refractivity contribution in [2.24, 2.45) is 5.16 Å². The summed E-state index contributed by atoms with van der Waals surface area (Å²) in [6.45, 7) is 1.62. The van der Waals surface area contributed by atoms with Gasteiger partial charge >= 0.3 is 0 Å². The first-order valence-corrected chi connectivity index (χ1v) is 7.73. The van der Waals surface area contributed by atoms with Crippen molar-refractivity contribution in [1.82, 2.24) is 0 Å². The number of hydrogen-bond donors (Lipinski definition) is 1. The number of carbonyl (C=O) groups excluding carboxylic acids is 1. The molecule has 0 unspecified atom stereocenters. The van der Waals surface area contributed by atoms with Crippen LogP contribution in [0.15, 0.2) is 58.2 Å². The molecule has 0 saturated heterocycles. The first kappa shape index (κ1) is 16.5. The molecule has 114 valence electrons. The van der Waals surface area contributed by atoms with Crippen LogP contribution in [-0.4, -0.2) is 18.2 Å². The van der Waals surface area contributed by atoms with E-state index in [9.17, 15) is 4.79 Å². The summed E-state index contributed by atoms with van der Waals surface area (Å²) in [6, 6.07) is 14.5. The predicted octanol–water partition coefficient (Wildman–Crippen LogP) is 4.48. The summed E-state index contributed by atoms with van der Waals surface area (Å²) in [6.07, 6.45) is 0.834. The largest absolute Gasteiger partial charge is 0.383 e. The highest BCUT2D eigenvalue weighted by atomic mass is 79.9. The van der Waals surface area contributed by atoms with E-state index in [0.717, 1.165) is 10.0 Å². The van der Waals surface area contributed by atoms with Gasteiger partial charge in [-0.1, -0.05) is 50.9 Å². The number of nitrogens with one attached hydrogen (secondary N) is 1. The van der Waals surface area contributed by atoms with E-state index in [2.05, 4.69) is 26.4 Å². The number of oxime groups is 1. The van der Waals surface area contributed by atoms with Gasteiger partial charge in [0.15, 0.2) is 0 Å². The van der Waals surface area contributed by atoms with Gasteiger partial charge in [-0.15, -0.1) is 0 Å². The molecule has 2 aromatic rings. The molecule has 6 heteroatoms. The lowest BCUT2D eigenvalue weighted by molar-refractivity contribution is -0.126. The summed E-state index contributed by atoms with van der Waals surface area (Å²) < 4.78 is 0.986. The molecule has 1 amide bonds. The molecule has 0 fully saturated rings. The maximum absolute atomic E-state index is 12.0. The van der Waals surface area contributed by atoms with Crippen molar-refractivity contribution < 1.29 is 9.63 Å². The molecule has 0 saturated carbocycles. The van der Waals surface area contributed by atoms with E-state index < -0.39 is 6.10 Å². The molecule has 0 bridgehead atoms. The summed E-state index contributed by atoms with van der Waals surface area (Å²) in [5.74, 6) is -0.296. The molecule has 2 rings (SSSR count). The van der Waals surface area contributed by atoms with Gasteiger partial charge in [0.2, 0.25) is 6.10 Å². The minimum Gasteiger partial charge on any atom is -0.383 e. The number of hydrogen-bond acceptors (Lipinski definition) is 3. The molecule has 0 aliphatic rings. The van der Waals surface area contributed by atoms with Gasteiger partial charge in [0.05, 0.1) is 6.21 Å². The number of carbonyl (C=O) groups is 1. The first-order valence-electron chi connectivity index (χ1n) is 6.56. The third-order valence-electron chi connectivity index (χ3n) is 2.75. The lowest BCUT2D eigenvalue weighted by atomic mass is 10.2. The maximum atomic E-state index is 12.0. The zero-order valence-corrected chi connectivity index (χ0v) is 14.1. The molecule has 0 spiro atoms. The molecule has 0 aliphatic carbocycles. The van der Waals surface area contributed by atoms with E-state index in [1.54, 1.807) is 37.4 Å². The predicted molar refractivity (Wildman–Crippen MR) is 92.4 cm³/mol. The minimum atomic E-state index is -0.717. The van der Waals surface area contributed by atoms with Crippen LogP contribution in [0.5, 0.6) is 0 Å². The summed E-state index contributed by atoms with van der Waals surface area (Å²) in [5, 5.41) is 7.09. The average molecular weight is 382 g/mol. The third kappa shape index (κ3) is 5.16. The molecule has 0 aliphatic heterocycles. The number of rotatable bonds is 5. The highest BCUT2D eigenvalue weighted by Gasteiger charge is 2.14. The van der Waals surface area contributed by atoms with Gasteiger partial charge in [0.25, 0.3) is 5.91 Å². The van der Waals surface area contributed by atoms with Crippen LogP contribution in [0, 0.1) is 0 Å². The van der Waals surface area contributed by atoms with Crippen LogP contribution in [0.2, 0.25) is 5.02 Å². The van der Waals surface area contributed by atoms with Crippen LogP contribution in [0.4, 0.5) is 5.69 Å². The van der Waals surface area contributed by atoms with Gasteiger partial charge < -0.3 is 10.2 Å². The molecule has 0 heterocycles. The minimum absolute atomic E-state index is 0.296. The molecule has 1 atom stereocenters. The summed E-state index contributed by atoms with van der Waals surface area (Å²) >= 11 is 9.22. The number of anilines is 1. The maximum Gasteiger partial charge on any atom is 0.267 e. The number of amides is 1. The molecule has 0 aromatic heterocycles. The molecule has 4 nitrogen and oxygen atoms in total. The lowest BCUT2D eigenvalue weighted by Gasteiger charge is -2.10. The van der Waals surface area contributed by atoms with Crippen LogP contribution < -0.4 is 5.32 Å². The van der Waals surface area contributed by atoms with E-state index in [1.807, 2.05) is 24.3 Å².